The van der Waals surface area contributed by atoms with Gasteiger partial charge in [-0.25, -0.2) is 9.59 Å². The SMILES string of the molecule is COc1ccc(-c2cc(CCCOC(=O)C(Cc3ccc(OC(C)(C)C)cc3)NC(=O)OC(C)(C)C)c(/C=C3\SC(=S)N([C@H]4C[C@H]5CC[C@H]4C5)C3=O)o2)c(OC)c1. The van der Waals surface area contributed by atoms with Crippen molar-refractivity contribution in [1.82, 2.24) is 10.2 Å². The fraction of sp³-hybridized carbons (Fsp3) is 0.500. The number of carbonyl (C=O) groups is 3. The molecular formula is C44H54N2O9S2. The number of ether oxygens (including phenoxy) is 5. The van der Waals surface area contributed by atoms with Gasteiger partial charge in [-0.1, -0.05) is 42.5 Å². The molecule has 1 aromatic heterocycles. The second-order valence-corrected chi connectivity index (χ2v) is 18.6. The molecule has 1 unspecified atom stereocenters. The van der Waals surface area contributed by atoms with E-state index in [1.165, 1.54) is 24.6 Å². The van der Waals surface area contributed by atoms with Crippen LogP contribution >= 0.6 is 24.0 Å². The van der Waals surface area contributed by atoms with Gasteiger partial charge in [0.05, 0.1) is 31.3 Å². The summed E-state index contributed by atoms with van der Waals surface area (Å²) in [6, 6.07) is 14.0. The number of carbonyl (C=O) groups excluding carboxylic acids is 3. The third-order valence-corrected chi connectivity index (χ3v) is 11.6. The second kappa shape index (κ2) is 17.6. The number of hydrogen-bond acceptors (Lipinski definition) is 11. The van der Waals surface area contributed by atoms with E-state index < -0.39 is 23.7 Å². The number of methoxy groups -OCH3 is 2. The van der Waals surface area contributed by atoms with E-state index in [1.807, 2.05) is 68.1 Å². The normalized spacial score (nSPS) is 20.5. The van der Waals surface area contributed by atoms with Gasteiger partial charge in [0.25, 0.3) is 5.91 Å². The summed E-state index contributed by atoms with van der Waals surface area (Å²) in [4.78, 5) is 42.6. The molecule has 3 aromatic rings. The molecule has 306 valence electrons. The van der Waals surface area contributed by atoms with Gasteiger partial charge in [0, 0.05) is 24.6 Å². The highest BCUT2D eigenvalue weighted by Crippen LogP contribution is 2.49. The molecule has 57 heavy (non-hydrogen) atoms. The zero-order valence-corrected chi connectivity index (χ0v) is 35.7. The topological polar surface area (TPSA) is 126 Å². The number of furan rings is 1. The van der Waals surface area contributed by atoms with Crippen molar-refractivity contribution < 1.29 is 42.5 Å². The molecular weight excluding hydrogens is 765 g/mol. The van der Waals surface area contributed by atoms with Crippen LogP contribution in [0, 0.1) is 11.8 Å². The largest absolute Gasteiger partial charge is 0.497 e. The first kappa shape index (κ1) is 42.1. The molecule has 1 saturated heterocycles. The van der Waals surface area contributed by atoms with E-state index in [1.54, 1.807) is 47.1 Å². The lowest BCUT2D eigenvalue weighted by atomic mass is 9.94. The number of aryl methyl sites for hydroxylation is 1. The molecule has 4 atom stereocenters. The first-order valence-electron chi connectivity index (χ1n) is 19.6. The van der Waals surface area contributed by atoms with E-state index >= 15 is 0 Å². The second-order valence-electron chi connectivity index (χ2n) is 16.9. The summed E-state index contributed by atoms with van der Waals surface area (Å²) in [5, 5.41) is 2.70. The fourth-order valence-corrected chi connectivity index (χ4v) is 9.11. The standard InChI is InChI=1S/C44H54N2O9S2/c1-43(2,3)54-30-15-12-26(13-16-30)21-33(45-41(49)55-44(4,5)6)40(48)52-19-9-10-29-23-37(32-18-17-31(50-7)24-36(32)51-8)53-35(29)25-38-39(47)46(42(56)57-38)34-22-27-11-14-28(34)20-27/h12-13,15-18,23-25,27-28,33-34H,9-11,14,19-22H2,1-8H3,(H,45,49)/b38-25-/t27-,28-,33?,34-/m0/s1. The van der Waals surface area contributed by atoms with Crippen molar-refractivity contribution in [2.45, 2.75) is 110 Å². The quantitative estimate of drug-likeness (QED) is 0.0725. The zero-order valence-electron chi connectivity index (χ0n) is 34.1. The number of alkyl carbamates (subject to hydrolysis) is 1. The Bertz CT molecular complexity index is 1990. The molecule has 1 aliphatic heterocycles. The molecule has 2 amide bonds. The average Bonchev–Trinajstić information content (AvgIpc) is 3.93. The van der Waals surface area contributed by atoms with Gasteiger partial charge in [-0.2, -0.15) is 0 Å². The Labute approximate surface area is 345 Å². The van der Waals surface area contributed by atoms with Crippen LogP contribution in [0.2, 0.25) is 0 Å². The van der Waals surface area contributed by atoms with E-state index in [9.17, 15) is 14.4 Å². The average molecular weight is 819 g/mol. The molecule has 3 fully saturated rings. The number of esters is 1. The van der Waals surface area contributed by atoms with Crippen LogP contribution in [0.4, 0.5) is 4.79 Å². The summed E-state index contributed by atoms with van der Waals surface area (Å²) >= 11 is 7.07. The number of hydrogen-bond donors (Lipinski definition) is 1. The van der Waals surface area contributed by atoms with Gasteiger partial charge >= 0.3 is 12.1 Å². The summed E-state index contributed by atoms with van der Waals surface area (Å²) in [6.45, 7) is 11.3. The molecule has 3 aliphatic rings. The Balaban J connectivity index is 1.18. The maximum atomic E-state index is 13.9. The van der Waals surface area contributed by atoms with Gasteiger partial charge in [0.15, 0.2) is 0 Å². The van der Waals surface area contributed by atoms with Crippen molar-refractivity contribution in [3.8, 4) is 28.6 Å². The summed E-state index contributed by atoms with van der Waals surface area (Å²) in [6.07, 6.45) is 6.71. The lowest BCUT2D eigenvalue weighted by Crippen LogP contribution is -2.45. The molecule has 2 bridgehead atoms. The highest BCUT2D eigenvalue weighted by atomic mass is 32.2. The summed E-state index contributed by atoms with van der Waals surface area (Å²) < 4.78 is 35.3. The molecule has 6 rings (SSSR count). The molecule has 0 radical (unpaired) electrons. The van der Waals surface area contributed by atoms with Crippen molar-refractivity contribution in [3.05, 3.63) is 70.3 Å². The Morgan fingerprint density at radius 1 is 0.982 bits per heavy atom. The minimum atomic E-state index is -0.995. The van der Waals surface area contributed by atoms with Crippen LogP contribution < -0.4 is 19.5 Å². The Hall–Kier alpha value is -4.49. The Morgan fingerprint density at radius 2 is 1.72 bits per heavy atom. The van der Waals surface area contributed by atoms with Gasteiger partial charge in [-0.05, 0) is 127 Å². The molecule has 1 N–H and O–H groups in total. The molecule has 0 spiro atoms. The van der Waals surface area contributed by atoms with Crippen LogP contribution in [0.15, 0.2) is 57.9 Å². The lowest BCUT2D eigenvalue weighted by Gasteiger charge is -2.30. The number of rotatable bonds is 14. The fourth-order valence-electron chi connectivity index (χ4n) is 7.77. The number of amides is 2. The molecule has 2 aliphatic carbocycles. The van der Waals surface area contributed by atoms with Gasteiger partial charge in [0.1, 0.15) is 50.3 Å². The predicted octanol–water partition coefficient (Wildman–Crippen LogP) is 9.14. The first-order valence-corrected chi connectivity index (χ1v) is 20.8. The van der Waals surface area contributed by atoms with Gasteiger partial charge in [-0.15, -0.1) is 0 Å². The number of benzene rings is 2. The predicted molar refractivity (Wildman–Crippen MR) is 224 cm³/mol. The maximum Gasteiger partial charge on any atom is 0.408 e. The smallest absolute Gasteiger partial charge is 0.408 e. The Kier molecular flexibility index (Phi) is 13.0. The maximum absolute atomic E-state index is 13.9. The Morgan fingerprint density at radius 3 is 2.35 bits per heavy atom. The number of thioether (sulfide) groups is 1. The van der Waals surface area contributed by atoms with Crippen LogP contribution in [-0.4, -0.2) is 71.3 Å². The van der Waals surface area contributed by atoms with E-state index in [0.29, 0.717) is 68.2 Å². The van der Waals surface area contributed by atoms with Crippen molar-refractivity contribution >= 4 is 52.3 Å². The van der Waals surface area contributed by atoms with E-state index in [4.69, 9.17) is 40.3 Å². The summed E-state index contributed by atoms with van der Waals surface area (Å²) in [5.74, 6) is 3.48. The molecule has 2 aromatic carbocycles. The number of nitrogens with zero attached hydrogens (tertiary/aromatic N) is 1. The first-order chi connectivity index (χ1) is 27.0. The third-order valence-electron chi connectivity index (χ3n) is 10.2. The van der Waals surface area contributed by atoms with Crippen LogP contribution in [0.5, 0.6) is 17.2 Å². The van der Waals surface area contributed by atoms with Gasteiger partial charge in [0.2, 0.25) is 0 Å². The van der Waals surface area contributed by atoms with Crippen LogP contribution in [0.25, 0.3) is 17.4 Å². The summed E-state index contributed by atoms with van der Waals surface area (Å²) in [5.41, 5.74) is 1.24. The van der Waals surface area contributed by atoms with Gasteiger partial charge in [-0.3, -0.25) is 9.69 Å². The van der Waals surface area contributed by atoms with Crippen LogP contribution in [-0.2, 0) is 31.9 Å². The van der Waals surface area contributed by atoms with E-state index in [2.05, 4.69) is 5.32 Å². The highest BCUT2D eigenvalue weighted by Gasteiger charge is 2.48. The monoisotopic (exact) mass is 818 g/mol. The van der Waals surface area contributed by atoms with Crippen molar-refractivity contribution in [2.75, 3.05) is 20.8 Å². The minimum Gasteiger partial charge on any atom is -0.497 e. The molecule has 11 nitrogen and oxygen atoms in total. The molecule has 13 heteroatoms. The van der Waals surface area contributed by atoms with E-state index in [-0.39, 0.29) is 30.6 Å². The minimum absolute atomic E-state index is 0.0713. The molecule has 2 heterocycles. The number of thiocarbonyl (C=S) groups is 1. The third kappa shape index (κ3) is 10.7. The van der Waals surface area contributed by atoms with E-state index in [0.717, 1.165) is 24.0 Å². The zero-order chi connectivity index (χ0) is 41.1. The van der Waals surface area contributed by atoms with Gasteiger partial charge < -0.3 is 33.4 Å². The summed E-state index contributed by atoms with van der Waals surface area (Å²) in [7, 11) is 3.17. The highest BCUT2D eigenvalue weighted by molar-refractivity contribution is 8.26. The van der Waals surface area contributed by atoms with Crippen molar-refractivity contribution in [2.24, 2.45) is 11.8 Å². The van der Waals surface area contributed by atoms with Crippen LogP contribution in [0.1, 0.15) is 90.5 Å². The lowest BCUT2D eigenvalue weighted by molar-refractivity contribution is -0.146. The number of nitrogens with one attached hydrogen (secondary N) is 1. The molecule has 2 saturated carbocycles. The van der Waals surface area contributed by atoms with Crippen LogP contribution in [0.3, 0.4) is 0 Å². The number of fused-ring (bicyclic) bond motifs is 2. The van der Waals surface area contributed by atoms with Crippen molar-refractivity contribution in [3.63, 3.8) is 0 Å². The van der Waals surface area contributed by atoms with Crippen molar-refractivity contribution in [1.29, 1.82) is 0 Å².